The van der Waals surface area contributed by atoms with Crippen molar-refractivity contribution in [3.8, 4) is 5.88 Å². The van der Waals surface area contributed by atoms with E-state index in [-0.39, 0.29) is 0 Å². The van der Waals surface area contributed by atoms with Gasteiger partial charge in [0.15, 0.2) is 5.82 Å². The molecule has 6 nitrogen and oxygen atoms in total. The van der Waals surface area contributed by atoms with Crippen molar-refractivity contribution in [2.24, 2.45) is 0 Å². The quantitative estimate of drug-likeness (QED) is 0.598. The highest BCUT2D eigenvalue weighted by Crippen LogP contribution is 2.14. The van der Waals surface area contributed by atoms with E-state index in [9.17, 15) is 0 Å². The highest BCUT2D eigenvalue weighted by Gasteiger charge is 2.06. The van der Waals surface area contributed by atoms with Gasteiger partial charge in [0, 0.05) is 25.8 Å². The Labute approximate surface area is 127 Å². The van der Waals surface area contributed by atoms with Crippen molar-refractivity contribution in [1.82, 2.24) is 9.97 Å². The molecule has 0 atom stereocenters. The largest absolute Gasteiger partial charge is 0.475 e. The molecular weight excluding hydrogens is 270 g/mol. The van der Waals surface area contributed by atoms with Gasteiger partial charge < -0.3 is 19.5 Å². The van der Waals surface area contributed by atoms with Crippen LogP contribution in [-0.2, 0) is 16.1 Å². The van der Waals surface area contributed by atoms with Crippen molar-refractivity contribution in [2.75, 3.05) is 38.3 Å². The Morgan fingerprint density at radius 3 is 2.57 bits per heavy atom. The van der Waals surface area contributed by atoms with Crippen LogP contribution in [0.4, 0.5) is 5.82 Å². The minimum absolute atomic E-state index is 0.390. The normalized spacial score (nSPS) is 10.6. The summed E-state index contributed by atoms with van der Waals surface area (Å²) in [5, 5.41) is 3.24. The summed E-state index contributed by atoms with van der Waals surface area (Å²) in [6, 6.07) is 1.81. The molecule has 0 aliphatic heterocycles. The van der Waals surface area contributed by atoms with Gasteiger partial charge in [0.25, 0.3) is 0 Å². The van der Waals surface area contributed by atoms with Gasteiger partial charge in [-0.2, -0.15) is 4.98 Å². The van der Waals surface area contributed by atoms with Crippen LogP contribution in [0.15, 0.2) is 6.07 Å². The van der Waals surface area contributed by atoms with E-state index < -0.39 is 0 Å². The molecule has 0 aliphatic carbocycles. The van der Waals surface area contributed by atoms with Gasteiger partial charge in [-0.05, 0) is 19.8 Å². The van der Waals surface area contributed by atoms with E-state index in [1.807, 2.05) is 13.0 Å². The van der Waals surface area contributed by atoms with Gasteiger partial charge in [-0.1, -0.05) is 13.8 Å². The first-order chi connectivity index (χ1) is 10.3. The Kier molecular flexibility index (Phi) is 9.48. The molecule has 6 heteroatoms. The molecule has 1 N–H and O–H groups in total. The van der Waals surface area contributed by atoms with E-state index in [0.29, 0.717) is 38.1 Å². The summed E-state index contributed by atoms with van der Waals surface area (Å²) in [4.78, 5) is 8.75. The molecule has 0 aliphatic rings. The highest BCUT2D eigenvalue weighted by atomic mass is 16.5. The van der Waals surface area contributed by atoms with Crippen LogP contribution in [0.5, 0.6) is 5.88 Å². The predicted octanol–water partition coefficient (Wildman–Crippen LogP) is 2.64. The second-order valence-electron chi connectivity index (χ2n) is 4.53. The van der Waals surface area contributed by atoms with E-state index in [0.717, 1.165) is 31.8 Å². The van der Waals surface area contributed by atoms with Crippen molar-refractivity contribution in [3.05, 3.63) is 11.9 Å². The molecule has 120 valence electrons. The van der Waals surface area contributed by atoms with Crippen molar-refractivity contribution >= 4 is 5.82 Å². The number of ether oxygens (including phenoxy) is 3. The number of rotatable bonds is 12. The van der Waals surface area contributed by atoms with Gasteiger partial charge in [0.1, 0.15) is 19.0 Å². The van der Waals surface area contributed by atoms with Crippen LogP contribution in [0.3, 0.4) is 0 Å². The number of hydrogen-bond acceptors (Lipinski definition) is 6. The fourth-order valence-electron chi connectivity index (χ4n) is 1.60. The minimum Gasteiger partial charge on any atom is -0.475 e. The topological polar surface area (TPSA) is 65.5 Å². The van der Waals surface area contributed by atoms with Crippen LogP contribution in [0.1, 0.15) is 39.4 Å². The van der Waals surface area contributed by atoms with E-state index >= 15 is 0 Å². The third-order valence-electron chi connectivity index (χ3n) is 2.57. The monoisotopic (exact) mass is 297 g/mol. The Hall–Kier alpha value is -1.40. The molecule has 0 saturated heterocycles. The zero-order valence-corrected chi connectivity index (χ0v) is 13.4. The summed E-state index contributed by atoms with van der Waals surface area (Å²) in [5.41, 5.74) is 0. The second-order valence-corrected chi connectivity index (χ2v) is 4.53. The molecule has 0 amide bonds. The summed E-state index contributed by atoms with van der Waals surface area (Å²) < 4.78 is 16.4. The Bertz CT molecular complexity index is 362. The first kappa shape index (κ1) is 17.7. The molecule has 21 heavy (non-hydrogen) atoms. The lowest BCUT2D eigenvalue weighted by Crippen LogP contribution is -2.11. The molecule has 0 aromatic carbocycles. The maximum atomic E-state index is 5.62. The molecule has 0 saturated carbocycles. The molecule has 0 radical (unpaired) electrons. The summed E-state index contributed by atoms with van der Waals surface area (Å²) in [6.45, 7) is 9.83. The fraction of sp³-hybridized carbons (Fsp3) is 0.733. The van der Waals surface area contributed by atoms with Gasteiger partial charge >= 0.3 is 0 Å². The molecule has 1 heterocycles. The van der Waals surface area contributed by atoms with E-state index in [1.165, 1.54) is 0 Å². The van der Waals surface area contributed by atoms with Gasteiger partial charge in [0.2, 0.25) is 5.88 Å². The second kappa shape index (κ2) is 11.3. The van der Waals surface area contributed by atoms with Crippen LogP contribution in [0.25, 0.3) is 0 Å². The SMILES string of the molecule is CCCNc1cc(OCCOCCC)nc(COCC)n1. The number of nitrogens with zero attached hydrogens (tertiary/aromatic N) is 2. The summed E-state index contributed by atoms with van der Waals surface area (Å²) >= 11 is 0. The van der Waals surface area contributed by atoms with Crippen LogP contribution >= 0.6 is 0 Å². The lowest BCUT2D eigenvalue weighted by Gasteiger charge is -2.11. The van der Waals surface area contributed by atoms with Crippen molar-refractivity contribution in [1.29, 1.82) is 0 Å². The Balaban J connectivity index is 2.57. The third kappa shape index (κ3) is 7.82. The van der Waals surface area contributed by atoms with Crippen LogP contribution in [0.2, 0.25) is 0 Å². The molecular formula is C15H27N3O3. The summed E-state index contributed by atoms with van der Waals surface area (Å²) in [7, 11) is 0. The maximum absolute atomic E-state index is 5.62. The third-order valence-corrected chi connectivity index (χ3v) is 2.57. The zero-order chi connectivity index (χ0) is 15.3. The molecule has 1 aromatic heterocycles. The van der Waals surface area contributed by atoms with Crippen LogP contribution in [-0.4, -0.2) is 42.9 Å². The number of aromatic nitrogens is 2. The first-order valence-corrected chi connectivity index (χ1v) is 7.70. The first-order valence-electron chi connectivity index (χ1n) is 7.70. The zero-order valence-electron chi connectivity index (χ0n) is 13.4. The molecule has 0 fully saturated rings. The maximum Gasteiger partial charge on any atom is 0.218 e. The van der Waals surface area contributed by atoms with Gasteiger partial charge in [0.05, 0.1) is 6.61 Å². The van der Waals surface area contributed by atoms with Gasteiger partial charge in [-0.15, -0.1) is 0 Å². The number of hydrogen-bond donors (Lipinski definition) is 1. The molecule has 1 rings (SSSR count). The van der Waals surface area contributed by atoms with Crippen molar-refractivity contribution < 1.29 is 14.2 Å². The Morgan fingerprint density at radius 1 is 1.00 bits per heavy atom. The van der Waals surface area contributed by atoms with E-state index in [4.69, 9.17) is 14.2 Å². The van der Waals surface area contributed by atoms with Crippen molar-refractivity contribution in [2.45, 2.75) is 40.2 Å². The van der Waals surface area contributed by atoms with E-state index in [2.05, 4.69) is 29.1 Å². The van der Waals surface area contributed by atoms with Crippen molar-refractivity contribution in [3.63, 3.8) is 0 Å². The van der Waals surface area contributed by atoms with E-state index in [1.54, 1.807) is 0 Å². The average molecular weight is 297 g/mol. The van der Waals surface area contributed by atoms with Gasteiger partial charge in [-0.3, -0.25) is 0 Å². The fourth-order valence-corrected chi connectivity index (χ4v) is 1.60. The lowest BCUT2D eigenvalue weighted by molar-refractivity contribution is 0.0979. The molecule has 0 spiro atoms. The summed E-state index contributed by atoms with van der Waals surface area (Å²) in [5.74, 6) is 1.95. The lowest BCUT2D eigenvalue weighted by atomic mass is 10.4. The van der Waals surface area contributed by atoms with Gasteiger partial charge in [-0.25, -0.2) is 4.98 Å². The average Bonchev–Trinajstić information content (AvgIpc) is 2.50. The predicted molar refractivity (Wildman–Crippen MR) is 82.7 cm³/mol. The van der Waals surface area contributed by atoms with Crippen LogP contribution < -0.4 is 10.1 Å². The summed E-state index contributed by atoms with van der Waals surface area (Å²) in [6.07, 6.45) is 2.04. The highest BCUT2D eigenvalue weighted by molar-refractivity contribution is 5.38. The molecule has 1 aromatic rings. The molecule has 0 bridgehead atoms. The Morgan fingerprint density at radius 2 is 1.86 bits per heavy atom. The van der Waals surface area contributed by atoms with Crippen LogP contribution in [0, 0.1) is 0 Å². The molecule has 0 unspecified atom stereocenters. The number of nitrogens with one attached hydrogen (secondary N) is 1. The smallest absolute Gasteiger partial charge is 0.218 e. The number of anilines is 1. The minimum atomic E-state index is 0.390. The standard InChI is InChI=1S/C15H27N3O3/c1-4-7-16-13-11-15(21-10-9-20-8-5-2)18-14(17-13)12-19-6-3/h11H,4-10,12H2,1-3H3,(H,16,17,18).